The van der Waals surface area contributed by atoms with Gasteiger partial charge in [-0.25, -0.2) is 4.79 Å². The van der Waals surface area contributed by atoms with Crippen LogP contribution in [0.15, 0.2) is 54.0 Å². The van der Waals surface area contributed by atoms with Crippen molar-refractivity contribution in [3.05, 3.63) is 65.7 Å². The number of nitrogens with zero attached hydrogens (tertiary/aromatic N) is 2. The van der Waals surface area contributed by atoms with E-state index in [1.54, 1.807) is 37.4 Å². The number of aromatic nitrogens is 2. The monoisotopic (exact) mass is 523 g/mol. The largest absolute Gasteiger partial charge is 0.493 e. The van der Waals surface area contributed by atoms with Crippen LogP contribution >= 0.6 is 31.9 Å². The third-order valence-electron chi connectivity index (χ3n) is 4.37. The van der Waals surface area contributed by atoms with Crippen molar-refractivity contribution in [2.24, 2.45) is 5.10 Å². The Labute approximate surface area is 183 Å². The number of hydrogen-bond donors (Lipinski definition) is 1. The van der Waals surface area contributed by atoms with Crippen LogP contribution in [0.25, 0.3) is 10.9 Å². The molecule has 1 heterocycles. The molecule has 0 aliphatic carbocycles. The summed E-state index contributed by atoms with van der Waals surface area (Å²) in [6, 6.07) is 8.49. The van der Waals surface area contributed by atoms with Gasteiger partial charge in [0.05, 0.1) is 34.8 Å². The molecule has 0 bridgehead atoms. The Morgan fingerprint density at radius 2 is 1.97 bits per heavy atom. The maximum absolute atomic E-state index is 12.6. The van der Waals surface area contributed by atoms with E-state index >= 15 is 0 Å². The summed E-state index contributed by atoms with van der Waals surface area (Å²) < 4.78 is 13.5. The van der Waals surface area contributed by atoms with Gasteiger partial charge in [0.2, 0.25) is 0 Å². The van der Waals surface area contributed by atoms with Crippen LogP contribution in [0.2, 0.25) is 0 Å². The lowest BCUT2D eigenvalue weighted by atomic mass is 10.2. The van der Waals surface area contributed by atoms with E-state index in [9.17, 15) is 9.59 Å². The highest BCUT2D eigenvalue weighted by atomic mass is 79.9. The Kier molecular flexibility index (Phi) is 6.59. The van der Waals surface area contributed by atoms with E-state index in [4.69, 9.17) is 9.47 Å². The smallest absolute Gasteiger partial charge is 0.349 e. The van der Waals surface area contributed by atoms with E-state index < -0.39 is 11.2 Å². The Balaban J connectivity index is 2.08. The van der Waals surface area contributed by atoms with Crippen LogP contribution in [0.1, 0.15) is 25.8 Å². The molecule has 0 spiro atoms. The van der Waals surface area contributed by atoms with Crippen LogP contribution < -0.4 is 20.7 Å². The number of halogens is 2. The summed E-state index contributed by atoms with van der Waals surface area (Å²) in [4.78, 5) is 27.6. The molecule has 1 N–H and O–H groups in total. The first kappa shape index (κ1) is 21.3. The van der Waals surface area contributed by atoms with Crippen LogP contribution in [0.4, 0.5) is 0 Å². The normalized spacial score (nSPS) is 12.4. The highest BCUT2D eigenvalue weighted by Gasteiger charge is 2.18. The fourth-order valence-corrected chi connectivity index (χ4v) is 3.54. The van der Waals surface area contributed by atoms with Crippen molar-refractivity contribution in [1.82, 2.24) is 9.66 Å². The molecule has 0 saturated carbocycles. The molecular formula is C20H19Br2N3O4. The van der Waals surface area contributed by atoms with Crippen molar-refractivity contribution in [3.63, 3.8) is 0 Å². The van der Waals surface area contributed by atoms with Gasteiger partial charge in [-0.3, -0.25) is 4.79 Å². The van der Waals surface area contributed by atoms with Gasteiger partial charge in [-0.15, -0.1) is 4.68 Å². The summed E-state index contributed by atoms with van der Waals surface area (Å²) in [6.07, 6.45) is 2.25. The minimum atomic E-state index is -0.621. The van der Waals surface area contributed by atoms with E-state index in [0.29, 0.717) is 36.9 Å². The second kappa shape index (κ2) is 8.96. The second-order valence-electron chi connectivity index (χ2n) is 6.30. The zero-order valence-corrected chi connectivity index (χ0v) is 19.2. The van der Waals surface area contributed by atoms with Gasteiger partial charge in [0, 0.05) is 10.0 Å². The second-order valence-corrected chi connectivity index (χ2v) is 7.89. The summed E-state index contributed by atoms with van der Waals surface area (Å²) in [5.41, 5.74) is -0.0564. The fraction of sp³-hybridized carbons (Fsp3) is 0.250. The predicted octanol–water partition coefficient (Wildman–Crippen LogP) is 4.28. The number of ether oxygens (including phenoxy) is 2. The van der Waals surface area contributed by atoms with Crippen molar-refractivity contribution in [2.75, 3.05) is 7.11 Å². The number of methoxy groups -OCH3 is 1. The Bertz CT molecular complexity index is 1200. The van der Waals surface area contributed by atoms with Crippen LogP contribution in [-0.2, 0) is 0 Å². The quantitative estimate of drug-likeness (QED) is 0.487. The predicted molar refractivity (Wildman–Crippen MR) is 121 cm³/mol. The fourth-order valence-electron chi connectivity index (χ4n) is 2.62. The van der Waals surface area contributed by atoms with Crippen LogP contribution in [0.5, 0.6) is 11.5 Å². The average Bonchev–Trinajstić information content (AvgIpc) is 2.72. The Hall–Kier alpha value is -2.39. The first-order valence-electron chi connectivity index (χ1n) is 8.88. The molecule has 0 saturated heterocycles. The van der Waals surface area contributed by atoms with Gasteiger partial charge in [0.15, 0.2) is 11.5 Å². The third kappa shape index (κ3) is 4.30. The van der Waals surface area contributed by atoms with Crippen molar-refractivity contribution >= 4 is 49.0 Å². The molecule has 29 heavy (non-hydrogen) atoms. The van der Waals surface area contributed by atoms with Crippen molar-refractivity contribution in [1.29, 1.82) is 0 Å². The van der Waals surface area contributed by atoms with Gasteiger partial charge in [-0.05, 0) is 63.4 Å². The van der Waals surface area contributed by atoms with Crippen LogP contribution in [0.3, 0.4) is 0 Å². The zero-order chi connectivity index (χ0) is 21.1. The number of rotatable bonds is 6. The summed E-state index contributed by atoms with van der Waals surface area (Å²) in [7, 11) is 1.54. The van der Waals surface area contributed by atoms with Gasteiger partial charge in [-0.2, -0.15) is 5.10 Å². The third-order valence-corrected chi connectivity index (χ3v) is 6.51. The summed E-state index contributed by atoms with van der Waals surface area (Å²) >= 11 is 7.03. The molecule has 7 nitrogen and oxygen atoms in total. The molecule has 0 fully saturated rings. The number of H-pyrrole nitrogens is 1. The minimum Gasteiger partial charge on any atom is -0.493 e. The molecule has 3 rings (SSSR count). The first-order chi connectivity index (χ1) is 13.9. The molecule has 9 heteroatoms. The summed E-state index contributed by atoms with van der Waals surface area (Å²) in [5, 5.41) is 4.47. The van der Waals surface area contributed by atoms with Gasteiger partial charge in [0.25, 0.3) is 5.56 Å². The maximum atomic E-state index is 12.6. The number of fused-ring (bicyclic) bond motifs is 1. The molecule has 3 aromatic rings. The van der Waals surface area contributed by atoms with Crippen molar-refractivity contribution < 1.29 is 9.47 Å². The van der Waals surface area contributed by atoms with Crippen molar-refractivity contribution in [2.45, 2.75) is 26.4 Å². The summed E-state index contributed by atoms with van der Waals surface area (Å²) in [5.74, 6) is 1.06. The van der Waals surface area contributed by atoms with E-state index in [2.05, 4.69) is 41.9 Å². The lowest BCUT2D eigenvalue weighted by Crippen LogP contribution is -2.32. The molecule has 0 aliphatic rings. The molecule has 2 aromatic carbocycles. The maximum Gasteiger partial charge on any atom is 0.349 e. The molecular weight excluding hydrogens is 506 g/mol. The Morgan fingerprint density at radius 1 is 1.24 bits per heavy atom. The zero-order valence-electron chi connectivity index (χ0n) is 16.0. The van der Waals surface area contributed by atoms with Gasteiger partial charge < -0.3 is 14.5 Å². The number of para-hydroxylation sites is 1. The van der Waals surface area contributed by atoms with E-state index in [1.165, 1.54) is 6.21 Å². The lowest BCUT2D eigenvalue weighted by molar-refractivity contribution is 0.206. The number of hydrogen-bond acceptors (Lipinski definition) is 5. The number of benzene rings is 2. The topological polar surface area (TPSA) is 85.7 Å². The SMILES string of the molecule is CC[C@@H](C)Oc1c(OC)cc(C=Nn2c(=O)[nH]c3ccccc3c2=O)c(Br)c1Br. The standard InChI is InChI=1S/C20H19Br2N3O4/c1-4-11(2)29-18-15(28-3)9-12(16(21)17(18)22)10-23-25-19(26)13-7-5-6-8-14(13)24-20(25)27/h5-11H,4H2,1-3H3,(H,24,27)/t11-/m1/s1. The average molecular weight is 525 g/mol. The van der Waals surface area contributed by atoms with Crippen LogP contribution in [-0.4, -0.2) is 29.1 Å². The highest BCUT2D eigenvalue weighted by molar-refractivity contribution is 9.13. The van der Waals surface area contributed by atoms with Crippen LogP contribution in [0, 0.1) is 0 Å². The summed E-state index contributed by atoms with van der Waals surface area (Å²) in [6.45, 7) is 3.99. The van der Waals surface area contributed by atoms with Crippen molar-refractivity contribution in [3.8, 4) is 11.5 Å². The van der Waals surface area contributed by atoms with Gasteiger partial charge >= 0.3 is 5.69 Å². The molecule has 0 aliphatic heterocycles. The minimum absolute atomic E-state index is 0.00125. The van der Waals surface area contributed by atoms with Gasteiger partial charge in [0.1, 0.15) is 0 Å². The number of nitrogens with one attached hydrogen (secondary N) is 1. The molecule has 0 unspecified atom stereocenters. The molecule has 152 valence electrons. The molecule has 0 amide bonds. The molecule has 1 atom stereocenters. The lowest BCUT2D eigenvalue weighted by Gasteiger charge is -2.18. The first-order valence-corrected chi connectivity index (χ1v) is 10.5. The molecule has 1 aromatic heterocycles. The Morgan fingerprint density at radius 3 is 2.66 bits per heavy atom. The van der Waals surface area contributed by atoms with Gasteiger partial charge in [-0.1, -0.05) is 19.1 Å². The van der Waals surface area contributed by atoms with E-state index in [0.717, 1.165) is 11.1 Å². The highest BCUT2D eigenvalue weighted by Crippen LogP contribution is 2.42. The van der Waals surface area contributed by atoms with E-state index in [1.807, 2.05) is 13.8 Å². The van der Waals surface area contributed by atoms with E-state index in [-0.39, 0.29) is 6.10 Å². The number of aromatic amines is 1. The molecule has 0 radical (unpaired) electrons.